The molecule has 7 heteroatoms. The average Bonchev–Trinajstić information content (AvgIpc) is 2.77. The van der Waals surface area contributed by atoms with E-state index >= 15 is 0 Å². The third-order valence-corrected chi connectivity index (χ3v) is 6.48. The van der Waals surface area contributed by atoms with Crippen molar-refractivity contribution in [3.63, 3.8) is 0 Å². The Morgan fingerprint density at radius 3 is 2.68 bits per heavy atom. The molecule has 0 saturated carbocycles. The van der Waals surface area contributed by atoms with Crippen LogP contribution in [0.3, 0.4) is 0 Å². The average molecular weight is 458 g/mol. The second-order valence-electron chi connectivity index (χ2n) is 7.77. The van der Waals surface area contributed by atoms with Gasteiger partial charge in [0.05, 0.1) is 11.7 Å². The lowest BCUT2D eigenvalue weighted by atomic mass is 9.82. The minimum atomic E-state index is -0.254. The summed E-state index contributed by atoms with van der Waals surface area (Å²) >= 11 is 12.5. The molecule has 1 N–H and O–H groups in total. The van der Waals surface area contributed by atoms with E-state index in [2.05, 4.69) is 10.3 Å². The van der Waals surface area contributed by atoms with Crippen molar-refractivity contribution in [3.8, 4) is 0 Å². The van der Waals surface area contributed by atoms with E-state index in [0.29, 0.717) is 23.1 Å². The highest BCUT2D eigenvalue weighted by molar-refractivity contribution is 6.31. The van der Waals surface area contributed by atoms with Crippen LogP contribution in [0.25, 0.3) is 0 Å². The molecule has 2 aromatic carbocycles. The van der Waals surface area contributed by atoms with Crippen molar-refractivity contribution in [1.82, 2.24) is 9.88 Å². The fourth-order valence-corrected chi connectivity index (χ4v) is 4.52. The summed E-state index contributed by atoms with van der Waals surface area (Å²) in [6.07, 6.45) is 4.14. The molecule has 1 saturated heterocycles. The monoisotopic (exact) mass is 457 g/mol. The Kier molecular flexibility index (Phi) is 6.44. The highest BCUT2D eigenvalue weighted by Crippen LogP contribution is 2.43. The molecule has 0 bridgehead atoms. The number of hydrogen-bond donors (Lipinski definition) is 1. The largest absolute Gasteiger partial charge is 0.355 e. The van der Waals surface area contributed by atoms with E-state index in [1.807, 2.05) is 43.3 Å². The number of nitrogens with zero attached hydrogens (tertiary/aromatic N) is 2. The summed E-state index contributed by atoms with van der Waals surface area (Å²) in [5.74, 6) is -0.0482. The van der Waals surface area contributed by atoms with Crippen LogP contribution in [0, 0.1) is 12.7 Å². The van der Waals surface area contributed by atoms with E-state index in [0.717, 1.165) is 40.9 Å². The zero-order valence-electron chi connectivity index (χ0n) is 17.0. The number of benzene rings is 2. The topological polar surface area (TPSA) is 45.2 Å². The Bertz CT molecular complexity index is 1090. The summed E-state index contributed by atoms with van der Waals surface area (Å²) in [5.41, 5.74) is 4.40. The molecule has 1 amide bonds. The number of halogens is 3. The number of amides is 1. The molecular formula is C24H22Cl2FN3O. The first-order valence-electron chi connectivity index (χ1n) is 10.1. The molecular weight excluding hydrogens is 436 g/mol. The Morgan fingerprint density at radius 1 is 1.19 bits per heavy atom. The Hall–Kier alpha value is -2.63. The molecule has 2 heterocycles. The predicted molar refractivity (Wildman–Crippen MR) is 123 cm³/mol. The molecule has 0 aliphatic carbocycles. The fourth-order valence-electron chi connectivity index (χ4n) is 4.19. The van der Waals surface area contributed by atoms with E-state index < -0.39 is 0 Å². The van der Waals surface area contributed by atoms with Gasteiger partial charge in [-0.15, -0.1) is 0 Å². The SMILES string of the molecule is Cc1c(Cl)ncc(C2CC(c3ccc(F)cc3)CCN2C=O)c1Nc1cccc(Cl)c1. The summed E-state index contributed by atoms with van der Waals surface area (Å²) in [5, 5.41) is 4.44. The van der Waals surface area contributed by atoms with Gasteiger partial charge in [0, 0.05) is 34.6 Å². The minimum absolute atomic E-state index is 0.188. The molecule has 160 valence electrons. The van der Waals surface area contributed by atoms with Crippen LogP contribution in [0.1, 0.15) is 41.5 Å². The molecule has 4 rings (SSSR count). The van der Waals surface area contributed by atoms with E-state index in [1.54, 1.807) is 11.1 Å². The minimum Gasteiger partial charge on any atom is -0.355 e. The van der Waals surface area contributed by atoms with Crippen LogP contribution in [0.15, 0.2) is 54.7 Å². The third-order valence-electron chi connectivity index (χ3n) is 5.86. The number of carbonyl (C=O) groups is 1. The van der Waals surface area contributed by atoms with Crippen molar-refractivity contribution in [2.24, 2.45) is 0 Å². The van der Waals surface area contributed by atoms with Crippen molar-refractivity contribution >= 4 is 41.0 Å². The molecule has 0 radical (unpaired) electrons. The summed E-state index contributed by atoms with van der Waals surface area (Å²) < 4.78 is 13.4. The second kappa shape index (κ2) is 9.25. The third kappa shape index (κ3) is 4.68. The highest BCUT2D eigenvalue weighted by Gasteiger charge is 2.32. The van der Waals surface area contributed by atoms with Crippen LogP contribution in [0.5, 0.6) is 0 Å². The first-order chi connectivity index (χ1) is 15.0. The van der Waals surface area contributed by atoms with Gasteiger partial charge in [0.1, 0.15) is 11.0 Å². The summed E-state index contributed by atoms with van der Waals surface area (Å²) in [6, 6.07) is 13.9. The maximum absolute atomic E-state index is 13.4. The molecule has 1 aromatic heterocycles. The molecule has 31 heavy (non-hydrogen) atoms. The van der Waals surface area contributed by atoms with Crippen molar-refractivity contribution in [2.75, 3.05) is 11.9 Å². The number of hydrogen-bond acceptors (Lipinski definition) is 3. The van der Waals surface area contributed by atoms with Crippen molar-refractivity contribution < 1.29 is 9.18 Å². The van der Waals surface area contributed by atoms with E-state index in [9.17, 15) is 9.18 Å². The van der Waals surface area contributed by atoms with Gasteiger partial charge in [-0.2, -0.15) is 0 Å². The van der Waals surface area contributed by atoms with E-state index in [-0.39, 0.29) is 17.8 Å². The van der Waals surface area contributed by atoms with Crippen LogP contribution in [0.4, 0.5) is 15.8 Å². The van der Waals surface area contributed by atoms with Gasteiger partial charge in [-0.3, -0.25) is 4.79 Å². The normalized spacial score (nSPS) is 18.6. The number of pyridine rings is 1. The molecule has 0 spiro atoms. The lowest BCUT2D eigenvalue weighted by molar-refractivity contribution is -0.121. The van der Waals surface area contributed by atoms with Crippen LogP contribution in [-0.4, -0.2) is 22.8 Å². The molecule has 4 nitrogen and oxygen atoms in total. The molecule has 1 fully saturated rings. The Balaban J connectivity index is 1.72. The quantitative estimate of drug-likeness (QED) is 0.344. The fraction of sp³-hybridized carbons (Fsp3) is 0.250. The Labute approximate surface area is 191 Å². The number of rotatable bonds is 5. The van der Waals surface area contributed by atoms with Crippen LogP contribution < -0.4 is 5.32 Å². The Morgan fingerprint density at radius 2 is 1.97 bits per heavy atom. The zero-order chi connectivity index (χ0) is 22.0. The van der Waals surface area contributed by atoms with Crippen molar-refractivity contribution in [2.45, 2.75) is 31.7 Å². The van der Waals surface area contributed by atoms with Crippen molar-refractivity contribution in [1.29, 1.82) is 0 Å². The number of carbonyl (C=O) groups excluding carboxylic acids is 1. The number of aromatic nitrogens is 1. The first kappa shape index (κ1) is 21.6. The first-order valence-corrected chi connectivity index (χ1v) is 10.9. The van der Waals surface area contributed by atoms with Crippen LogP contribution in [-0.2, 0) is 4.79 Å². The number of piperidine rings is 1. The number of likely N-dealkylation sites (tertiary alicyclic amines) is 1. The van der Waals surface area contributed by atoms with Gasteiger partial charge in [-0.05, 0) is 61.6 Å². The van der Waals surface area contributed by atoms with Crippen molar-refractivity contribution in [3.05, 3.63) is 87.4 Å². The summed E-state index contributed by atoms with van der Waals surface area (Å²) in [6.45, 7) is 2.51. The van der Waals surface area contributed by atoms with Gasteiger partial charge < -0.3 is 10.2 Å². The second-order valence-corrected chi connectivity index (χ2v) is 8.57. The summed E-state index contributed by atoms with van der Waals surface area (Å²) in [7, 11) is 0. The van der Waals surface area contributed by atoms with E-state index in [4.69, 9.17) is 23.2 Å². The highest BCUT2D eigenvalue weighted by atomic mass is 35.5. The van der Waals surface area contributed by atoms with Gasteiger partial charge in [0.2, 0.25) is 6.41 Å². The maximum atomic E-state index is 13.4. The van der Waals surface area contributed by atoms with Gasteiger partial charge in [-0.25, -0.2) is 9.37 Å². The molecule has 1 aliphatic heterocycles. The molecule has 3 aromatic rings. The van der Waals surface area contributed by atoms with Crippen LogP contribution in [0.2, 0.25) is 10.2 Å². The predicted octanol–water partition coefficient (Wildman–Crippen LogP) is 6.66. The van der Waals surface area contributed by atoms with Gasteiger partial charge in [0.25, 0.3) is 0 Å². The smallest absolute Gasteiger partial charge is 0.210 e. The standard InChI is InChI=1S/C24H22Cl2FN3O/c1-15-23(29-20-4-2-3-18(25)12-20)21(13-28-24(15)26)22-11-17(9-10-30(22)14-31)16-5-7-19(27)8-6-16/h2-8,12-14,17,22H,9-11H2,1H3,(H,28,29). The number of nitrogens with one attached hydrogen (secondary N) is 1. The van der Waals surface area contributed by atoms with Crippen LogP contribution >= 0.6 is 23.2 Å². The lowest BCUT2D eigenvalue weighted by Crippen LogP contribution is -2.35. The molecule has 2 unspecified atom stereocenters. The molecule has 1 aliphatic rings. The zero-order valence-corrected chi connectivity index (χ0v) is 18.5. The lowest BCUT2D eigenvalue weighted by Gasteiger charge is -2.38. The van der Waals surface area contributed by atoms with E-state index in [1.165, 1.54) is 12.1 Å². The van der Waals surface area contributed by atoms with Gasteiger partial charge in [0.15, 0.2) is 0 Å². The van der Waals surface area contributed by atoms with Gasteiger partial charge in [-0.1, -0.05) is 41.4 Å². The maximum Gasteiger partial charge on any atom is 0.210 e. The number of anilines is 2. The van der Waals surface area contributed by atoms with Gasteiger partial charge >= 0.3 is 0 Å². The summed E-state index contributed by atoms with van der Waals surface area (Å²) in [4.78, 5) is 18.0. The molecule has 2 atom stereocenters.